The minimum Gasteiger partial charge on any atom is -0.478 e. The molecule has 1 amide bonds. The molecule has 6 heteroatoms. The lowest BCUT2D eigenvalue weighted by molar-refractivity contribution is -0.162. The number of carbonyl (C=O) groups excluding carboxylic acids is 1. The number of nitrogens with one attached hydrogen (secondary N) is 1. The maximum atomic E-state index is 11.6. The maximum Gasteiger partial charge on any atom is 0.410 e. The van der Waals surface area contributed by atoms with E-state index in [-0.39, 0.29) is 6.42 Å². The Bertz CT molecular complexity index is 495. The summed E-state index contributed by atoms with van der Waals surface area (Å²) in [6.45, 7) is 4.95. The zero-order valence-electron chi connectivity index (χ0n) is 12.4. The number of carbonyl (C=O) groups is 2. The molecular formula is C15H21NO5. The van der Waals surface area contributed by atoms with Gasteiger partial charge in [-0.05, 0) is 32.8 Å². The highest BCUT2D eigenvalue weighted by Gasteiger charge is 2.38. The monoisotopic (exact) mass is 295 g/mol. The number of carboxylic acid groups (broad SMARTS) is 1. The molecule has 0 radical (unpaired) electrons. The summed E-state index contributed by atoms with van der Waals surface area (Å²) in [5.41, 5.74) is -2.27. The summed E-state index contributed by atoms with van der Waals surface area (Å²) in [6, 6.07) is 9.10. The molecule has 21 heavy (non-hydrogen) atoms. The number of ether oxygens (including phenoxy) is 1. The summed E-state index contributed by atoms with van der Waals surface area (Å²) in [4.78, 5) is 22.9. The summed E-state index contributed by atoms with van der Waals surface area (Å²) in [7, 11) is 0. The third-order valence-corrected chi connectivity index (χ3v) is 2.68. The van der Waals surface area contributed by atoms with E-state index in [1.54, 1.807) is 20.8 Å². The zero-order chi connectivity index (χ0) is 16.1. The van der Waals surface area contributed by atoms with E-state index in [2.05, 4.69) is 0 Å². The highest BCUT2D eigenvalue weighted by atomic mass is 16.6. The normalized spacial score (nSPS) is 14.1. The van der Waals surface area contributed by atoms with Crippen molar-refractivity contribution in [2.45, 2.75) is 44.9 Å². The van der Waals surface area contributed by atoms with E-state index in [0.717, 1.165) is 5.56 Å². The van der Waals surface area contributed by atoms with E-state index in [4.69, 9.17) is 9.84 Å². The quantitative estimate of drug-likeness (QED) is 0.721. The number of carboxylic acids is 1. The van der Waals surface area contributed by atoms with Crippen LogP contribution in [-0.4, -0.2) is 33.6 Å². The molecule has 0 bridgehead atoms. The summed E-state index contributed by atoms with van der Waals surface area (Å²) < 4.78 is 4.96. The van der Waals surface area contributed by atoms with E-state index in [1.807, 2.05) is 35.6 Å². The van der Waals surface area contributed by atoms with Crippen molar-refractivity contribution in [1.29, 1.82) is 0 Å². The van der Waals surface area contributed by atoms with Crippen molar-refractivity contribution in [1.82, 2.24) is 5.32 Å². The summed E-state index contributed by atoms with van der Waals surface area (Å²) in [5.74, 6) is -1.52. The summed E-state index contributed by atoms with van der Waals surface area (Å²) in [5, 5.41) is 21.3. The van der Waals surface area contributed by atoms with Gasteiger partial charge in [-0.1, -0.05) is 30.3 Å². The molecule has 1 aromatic carbocycles. The van der Waals surface area contributed by atoms with Crippen molar-refractivity contribution >= 4 is 12.1 Å². The first-order valence-electron chi connectivity index (χ1n) is 6.63. The number of aryl methyl sites for hydroxylation is 1. The molecule has 1 aromatic rings. The Balaban J connectivity index is 2.70. The van der Waals surface area contributed by atoms with Gasteiger partial charge in [0.05, 0.1) is 0 Å². The van der Waals surface area contributed by atoms with Crippen LogP contribution in [0.25, 0.3) is 0 Å². The molecule has 1 unspecified atom stereocenters. The van der Waals surface area contributed by atoms with Gasteiger partial charge in [0.25, 0.3) is 0 Å². The molecule has 116 valence electrons. The van der Waals surface area contributed by atoms with Gasteiger partial charge in [-0.2, -0.15) is 0 Å². The molecule has 6 nitrogen and oxygen atoms in total. The van der Waals surface area contributed by atoms with Crippen molar-refractivity contribution < 1.29 is 24.5 Å². The minimum absolute atomic E-state index is 0.161. The standard InChI is InChI=1S/C15H21NO5/c1-14(2,3)21-13(19)16-15(20,12(17)18)10-9-11-7-5-4-6-8-11/h4-8,20H,9-10H2,1-3H3,(H,16,19)(H,17,18). The first-order chi connectivity index (χ1) is 9.62. The molecule has 0 aromatic heterocycles. The molecule has 1 atom stereocenters. The van der Waals surface area contributed by atoms with Crippen LogP contribution in [-0.2, 0) is 16.0 Å². The largest absolute Gasteiger partial charge is 0.478 e. The Morgan fingerprint density at radius 3 is 2.24 bits per heavy atom. The van der Waals surface area contributed by atoms with Gasteiger partial charge < -0.3 is 14.9 Å². The van der Waals surface area contributed by atoms with Crippen LogP contribution in [0.5, 0.6) is 0 Å². The number of aliphatic hydroxyl groups is 1. The number of benzene rings is 1. The molecule has 0 aliphatic rings. The minimum atomic E-state index is -2.36. The fourth-order valence-corrected chi connectivity index (χ4v) is 1.67. The topological polar surface area (TPSA) is 95.9 Å². The van der Waals surface area contributed by atoms with Gasteiger partial charge in [0.1, 0.15) is 5.60 Å². The molecular weight excluding hydrogens is 274 g/mol. The molecule has 3 N–H and O–H groups in total. The SMILES string of the molecule is CC(C)(C)OC(=O)NC(O)(CCc1ccccc1)C(=O)O. The van der Waals surface area contributed by atoms with Crippen LogP contribution < -0.4 is 5.32 Å². The van der Waals surface area contributed by atoms with Crippen LogP contribution in [0.2, 0.25) is 0 Å². The van der Waals surface area contributed by atoms with Crippen LogP contribution in [0.4, 0.5) is 4.79 Å². The first kappa shape index (κ1) is 17.0. The van der Waals surface area contributed by atoms with E-state index in [9.17, 15) is 14.7 Å². The van der Waals surface area contributed by atoms with Crippen molar-refractivity contribution in [3.63, 3.8) is 0 Å². The van der Waals surface area contributed by atoms with E-state index >= 15 is 0 Å². The lowest BCUT2D eigenvalue weighted by Gasteiger charge is -2.27. The Kier molecular flexibility index (Phi) is 5.32. The molecule has 1 rings (SSSR count). The van der Waals surface area contributed by atoms with Crippen LogP contribution in [0.15, 0.2) is 30.3 Å². The fourth-order valence-electron chi connectivity index (χ4n) is 1.67. The molecule has 0 saturated heterocycles. The van der Waals surface area contributed by atoms with Crippen molar-refractivity contribution in [3.05, 3.63) is 35.9 Å². The smallest absolute Gasteiger partial charge is 0.410 e. The van der Waals surface area contributed by atoms with Crippen molar-refractivity contribution in [3.8, 4) is 0 Å². The van der Waals surface area contributed by atoms with Crippen LogP contribution in [0.3, 0.4) is 0 Å². The lowest BCUT2D eigenvalue weighted by atomic mass is 10.0. The lowest BCUT2D eigenvalue weighted by Crippen LogP contribution is -2.55. The zero-order valence-corrected chi connectivity index (χ0v) is 12.4. The predicted octanol–water partition coefficient (Wildman–Crippen LogP) is 1.92. The third-order valence-electron chi connectivity index (χ3n) is 2.68. The van der Waals surface area contributed by atoms with E-state index in [0.29, 0.717) is 6.42 Å². The predicted molar refractivity (Wildman–Crippen MR) is 76.7 cm³/mol. The average molecular weight is 295 g/mol. The highest BCUT2D eigenvalue weighted by molar-refractivity contribution is 5.82. The highest BCUT2D eigenvalue weighted by Crippen LogP contribution is 2.14. The Hall–Kier alpha value is -2.08. The average Bonchev–Trinajstić information content (AvgIpc) is 2.35. The number of amides is 1. The first-order valence-corrected chi connectivity index (χ1v) is 6.63. The number of alkyl carbamates (subject to hydrolysis) is 1. The number of aliphatic carboxylic acids is 1. The fraction of sp³-hybridized carbons (Fsp3) is 0.467. The van der Waals surface area contributed by atoms with Gasteiger partial charge >= 0.3 is 12.1 Å². The molecule has 0 heterocycles. The second-order valence-corrected chi connectivity index (χ2v) is 5.78. The van der Waals surface area contributed by atoms with Gasteiger partial charge in [-0.3, -0.25) is 5.32 Å². The molecule has 0 aliphatic heterocycles. The van der Waals surface area contributed by atoms with Gasteiger partial charge in [0.15, 0.2) is 0 Å². The second kappa shape index (κ2) is 6.58. The van der Waals surface area contributed by atoms with Crippen LogP contribution in [0.1, 0.15) is 32.8 Å². The molecule has 0 saturated carbocycles. The van der Waals surface area contributed by atoms with Crippen LogP contribution in [0, 0.1) is 0 Å². The van der Waals surface area contributed by atoms with Gasteiger partial charge in [0, 0.05) is 6.42 Å². The Morgan fingerprint density at radius 1 is 1.19 bits per heavy atom. The van der Waals surface area contributed by atoms with Crippen molar-refractivity contribution in [2.24, 2.45) is 0 Å². The second-order valence-electron chi connectivity index (χ2n) is 5.78. The Morgan fingerprint density at radius 2 is 1.76 bits per heavy atom. The molecule has 0 aliphatic carbocycles. The molecule has 0 spiro atoms. The summed E-state index contributed by atoms with van der Waals surface area (Å²) in [6.07, 6.45) is -0.828. The van der Waals surface area contributed by atoms with Gasteiger partial charge in [-0.25, -0.2) is 9.59 Å². The van der Waals surface area contributed by atoms with Crippen molar-refractivity contribution in [2.75, 3.05) is 0 Å². The Labute approximate surface area is 123 Å². The molecule has 0 fully saturated rings. The van der Waals surface area contributed by atoms with Gasteiger partial charge in [0.2, 0.25) is 5.72 Å². The number of hydrogen-bond donors (Lipinski definition) is 3. The number of hydrogen-bond acceptors (Lipinski definition) is 4. The van der Waals surface area contributed by atoms with Crippen LogP contribution >= 0.6 is 0 Å². The maximum absolute atomic E-state index is 11.6. The number of rotatable bonds is 5. The van der Waals surface area contributed by atoms with E-state index < -0.39 is 23.4 Å². The van der Waals surface area contributed by atoms with E-state index in [1.165, 1.54) is 0 Å². The third kappa shape index (κ3) is 5.83. The summed E-state index contributed by atoms with van der Waals surface area (Å²) >= 11 is 0. The van der Waals surface area contributed by atoms with Gasteiger partial charge in [-0.15, -0.1) is 0 Å².